The summed E-state index contributed by atoms with van der Waals surface area (Å²) in [4.78, 5) is 0. The van der Waals surface area contributed by atoms with Gasteiger partial charge in [-0.15, -0.1) is 0 Å². The molecule has 0 aromatic rings. The second kappa shape index (κ2) is 8.52. The van der Waals surface area contributed by atoms with Crippen molar-refractivity contribution in [2.24, 2.45) is 0 Å². The highest BCUT2D eigenvalue weighted by Crippen LogP contribution is 2.38. The minimum absolute atomic E-state index is 0.0362. The molecule has 0 N–H and O–H groups in total. The zero-order valence-corrected chi connectivity index (χ0v) is 14.2. The maximum absolute atomic E-state index is 13.0. The number of halogens is 6. The highest BCUT2D eigenvalue weighted by atomic mass is 32.2. The summed E-state index contributed by atoms with van der Waals surface area (Å²) in [5.74, 6) is -7.41. The number of hydrogen-bond acceptors (Lipinski definition) is 6. The Morgan fingerprint density at radius 3 is 1.44 bits per heavy atom. The van der Waals surface area contributed by atoms with Crippen molar-refractivity contribution in [3.8, 4) is 0 Å². The Balaban J connectivity index is 5.74. The van der Waals surface area contributed by atoms with Gasteiger partial charge in [-0.3, -0.25) is 0 Å². The average Bonchev–Trinajstić information content (AvgIpc) is 2.50. The molecule has 0 aliphatic rings. The lowest BCUT2D eigenvalue weighted by Gasteiger charge is -2.31. The lowest BCUT2D eigenvalue weighted by Crippen LogP contribution is -2.48. The van der Waals surface area contributed by atoms with E-state index in [0.717, 1.165) is 0 Å². The number of alkyl halides is 6. The van der Waals surface area contributed by atoms with Crippen LogP contribution in [0.3, 0.4) is 0 Å². The second-order valence-electron chi connectivity index (χ2n) is 4.27. The molecule has 2 unspecified atom stereocenters. The van der Waals surface area contributed by atoms with E-state index in [-0.39, 0.29) is 30.1 Å². The van der Waals surface area contributed by atoms with Gasteiger partial charge < -0.3 is 14.2 Å². The molecule has 154 valence electrons. The van der Waals surface area contributed by atoms with E-state index in [1.165, 1.54) is 0 Å². The van der Waals surface area contributed by atoms with Gasteiger partial charge in [-0.25, -0.2) is 4.18 Å². The highest BCUT2D eigenvalue weighted by Gasteiger charge is 2.60. The molecule has 0 aromatic heterocycles. The Kier molecular flexibility index (Phi) is 7.76. The van der Waals surface area contributed by atoms with Crippen LogP contribution < -0.4 is 0 Å². The van der Waals surface area contributed by atoms with Crippen LogP contribution in [0.4, 0.5) is 26.3 Å². The van der Waals surface area contributed by atoms with Crippen molar-refractivity contribution in [2.45, 2.75) is 23.9 Å². The first-order chi connectivity index (χ1) is 12.2. The molecule has 0 saturated heterocycles. The normalized spacial score (nSPS) is 17.3. The summed E-state index contributed by atoms with van der Waals surface area (Å²) in [6.07, 6.45) is -10.2. The molecule has 0 aliphatic carbocycles. The summed E-state index contributed by atoms with van der Waals surface area (Å²) in [6, 6.07) is 0. The Hall–Kier alpha value is -2.41. The molecule has 2 atom stereocenters. The zero-order valence-electron chi connectivity index (χ0n) is 13.4. The Morgan fingerprint density at radius 2 is 1.11 bits per heavy atom. The fourth-order valence-electron chi connectivity index (χ4n) is 1.35. The van der Waals surface area contributed by atoms with Gasteiger partial charge in [-0.1, -0.05) is 26.3 Å². The first-order valence-electron chi connectivity index (χ1n) is 6.44. The van der Waals surface area contributed by atoms with E-state index < -0.39 is 34.0 Å². The van der Waals surface area contributed by atoms with E-state index >= 15 is 0 Å². The Morgan fingerprint density at radius 1 is 0.704 bits per heavy atom. The molecule has 0 fully saturated rings. The smallest absolute Gasteiger partial charge is 0.458 e. The summed E-state index contributed by atoms with van der Waals surface area (Å²) >= 11 is 0. The third kappa shape index (κ3) is 5.79. The predicted molar refractivity (Wildman–Crippen MR) is 80.8 cm³/mol. The van der Waals surface area contributed by atoms with Crippen LogP contribution in [0.1, 0.15) is 0 Å². The maximum atomic E-state index is 13.0. The van der Waals surface area contributed by atoms with Crippen LogP contribution in [0.15, 0.2) is 62.7 Å². The summed E-state index contributed by atoms with van der Waals surface area (Å²) in [7, 11) is -5.30. The summed E-state index contributed by atoms with van der Waals surface area (Å²) in [6.45, 7) is 11.3. The van der Waals surface area contributed by atoms with Crippen LogP contribution in [-0.2, 0) is 28.5 Å². The lowest BCUT2D eigenvalue weighted by molar-refractivity contribution is -0.325. The summed E-state index contributed by atoms with van der Waals surface area (Å²) in [5.41, 5.74) is 0. The van der Waals surface area contributed by atoms with E-state index in [0.29, 0.717) is 6.26 Å². The summed E-state index contributed by atoms with van der Waals surface area (Å²) in [5, 5.41) is -0.236. The third-order valence-corrected chi connectivity index (χ3v) is 3.47. The molecule has 13 heteroatoms. The molecule has 0 rings (SSSR count). The second-order valence-corrected chi connectivity index (χ2v) is 5.70. The first kappa shape index (κ1) is 24.6. The minimum Gasteiger partial charge on any atom is -0.458 e. The van der Waals surface area contributed by atoms with Crippen molar-refractivity contribution >= 4 is 10.1 Å². The molecule has 0 saturated carbocycles. The van der Waals surface area contributed by atoms with Crippen LogP contribution in [-0.4, -0.2) is 32.3 Å². The summed E-state index contributed by atoms with van der Waals surface area (Å²) < 4.78 is 118. The molecule has 0 aliphatic heterocycles. The van der Waals surface area contributed by atoms with Gasteiger partial charge in [-0.05, 0) is 6.08 Å². The largest absolute Gasteiger partial charge is 0.472 e. The first-order valence-corrected chi connectivity index (χ1v) is 7.91. The molecular formula is C14H14F6O6S. The van der Waals surface area contributed by atoms with Crippen molar-refractivity contribution in [3.63, 3.8) is 0 Å². The van der Waals surface area contributed by atoms with Crippen LogP contribution >= 0.6 is 0 Å². The van der Waals surface area contributed by atoms with Gasteiger partial charge in [0.1, 0.15) is 6.26 Å². The monoisotopic (exact) mass is 424 g/mol. The van der Waals surface area contributed by atoms with E-state index in [4.69, 9.17) is 0 Å². The van der Waals surface area contributed by atoms with Crippen molar-refractivity contribution in [2.75, 3.05) is 0 Å². The molecule has 0 radical (unpaired) electrons. The van der Waals surface area contributed by atoms with Crippen LogP contribution in [0.25, 0.3) is 0 Å². The topological polar surface area (TPSA) is 71.1 Å². The standard InChI is InChI=1S/C14H14F6O6S/c1-5-11(23-7-3,13(15,16)17)25-9-10-27(21,22)26-12(6-2,24-8-4)14(18,19)20/h5-10H,1-4H2/b10-9+. The molecule has 27 heavy (non-hydrogen) atoms. The maximum Gasteiger partial charge on any atom is 0.472 e. The number of rotatable bonds is 11. The van der Waals surface area contributed by atoms with Gasteiger partial charge >= 0.3 is 23.9 Å². The molecule has 6 nitrogen and oxygen atoms in total. The van der Waals surface area contributed by atoms with Gasteiger partial charge in [-0.2, -0.15) is 34.8 Å². The Bertz CT molecular complexity index is 696. The molecule has 0 amide bonds. The SMILES string of the molecule is C=COC(C=C)(O/C=C/S(=O)(=O)OC(C=C)(OC=C)C(F)(F)F)C(F)(F)F. The highest BCUT2D eigenvalue weighted by molar-refractivity contribution is 7.89. The van der Waals surface area contributed by atoms with Crippen molar-refractivity contribution in [3.05, 3.63) is 62.7 Å². The van der Waals surface area contributed by atoms with Crippen molar-refractivity contribution < 1.29 is 53.2 Å². The van der Waals surface area contributed by atoms with Gasteiger partial charge in [0, 0.05) is 6.08 Å². The fourth-order valence-corrected chi connectivity index (χ4v) is 2.14. The van der Waals surface area contributed by atoms with Gasteiger partial charge in [0.25, 0.3) is 10.1 Å². The van der Waals surface area contributed by atoms with Gasteiger partial charge in [0.2, 0.25) is 0 Å². The van der Waals surface area contributed by atoms with Crippen LogP contribution in [0, 0.1) is 0 Å². The van der Waals surface area contributed by atoms with Crippen molar-refractivity contribution in [1.82, 2.24) is 0 Å². The van der Waals surface area contributed by atoms with Gasteiger partial charge in [0.15, 0.2) is 0 Å². The van der Waals surface area contributed by atoms with Gasteiger partial charge in [0.05, 0.1) is 17.9 Å². The lowest BCUT2D eigenvalue weighted by atomic mass is 10.2. The molecule has 0 heterocycles. The van der Waals surface area contributed by atoms with E-state index in [9.17, 15) is 34.8 Å². The van der Waals surface area contributed by atoms with E-state index in [1.54, 1.807) is 0 Å². The minimum atomic E-state index is -5.44. The third-order valence-electron chi connectivity index (χ3n) is 2.55. The van der Waals surface area contributed by atoms with E-state index in [2.05, 4.69) is 44.7 Å². The Labute approximate surface area is 150 Å². The number of hydrogen-bond donors (Lipinski definition) is 0. The zero-order chi connectivity index (χ0) is 21.6. The predicted octanol–water partition coefficient (Wildman–Crippen LogP) is 4.03. The van der Waals surface area contributed by atoms with Crippen LogP contribution in [0.5, 0.6) is 0 Å². The molecule has 0 bridgehead atoms. The number of ether oxygens (including phenoxy) is 3. The quantitative estimate of drug-likeness (QED) is 0.164. The fraction of sp³-hybridized carbons (Fsp3) is 0.286. The van der Waals surface area contributed by atoms with Crippen LogP contribution in [0.2, 0.25) is 0 Å². The van der Waals surface area contributed by atoms with E-state index in [1.807, 2.05) is 0 Å². The molecular weight excluding hydrogens is 410 g/mol. The average molecular weight is 424 g/mol. The van der Waals surface area contributed by atoms with Crippen molar-refractivity contribution in [1.29, 1.82) is 0 Å². The molecule has 0 aromatic carbocycles. The molecule has 0 spiro atoms.